The number of benzene rings is 2. The average molecular weight is 468 g/mol. The number of carbonyl (C=O) groups excluding carboxylic acids is 2. The molecule has 2 heterocycles. The van der Waals surface area contributed by atoms with E-state index in [9.17, 15) is 9.59 Å². The first-order valence-corrected chi connectivity index (χ1v) is 11.3. The van der Waals surface area contributed by atoms with Gasteiger partial charge in [0.15, 0.2) is 0 Å². The molecule has 0 bridgehead atoms. The van der Waals surface area contributed by atoms with E-state index in [0.717, 1.165) is 22.6 Å². The van der Waals surface area contributed by atoms with Crippen LogP contribution in [0.3, 0.4) is 0 Å². The van der Waals surface area contributed by atoms with Gasteiger partial charge >= 0.3 is 0 Å². The van der Waals surface area contributed by atoms with E-state index in [4.69, 9.17) is 16.3 Å². The highest BCUT2D eigenvalue weighted by Gasteiger charge is 2.34. The molecule has 0 radical (unpaired) electrons. The Kier molecular flexibility index (Phi) is 6.58. The van der Waals surface area contributed by atoms with Crippen molar-refractivity contribution in [3.8, 4) is 5.75 Å². The molecule has 1 aromatic heterocycles. The summed E-state index contributed by atoms with van der Waals surface area (Å²) in [7, 11) is 3.24. The Bertz CT molecular complexity index is 1150. The summed E-state index contributed by atoms with van der Waals surface area (Å²) < 4.78 is 5.33. The zero-order valence-corrected chi connectivity index (χ0v) is 19.3. The van der Waals surface area contributed by atoms with Crippen molar-refractivity contribution < 1.29 is 14.3 Å². The van der Waals surface area contributed by atoms with Crippen LogP contribution in [0.5, 0.6) is 5.75 Å². The average Bonchev–Trinajstić information content (AvgIpc) is 3.50. The lowest BCUT2D eigenvalue weighted by Crippen LogP contribution is -2.39. The van der Waals surface area contributed by atoms with Crippen LogP contribution in [0.2, 0.25) is 5.02 Å². The Morgan fingerprint density at radius 1 is 1.19 bits per heavy atom. The molecule has 1 aliphatic rings. The van der Waals surface area contributed by atoms with Gasteiger partial charge in [-0.1, -0.05) is 41.9 Å². The summed E-state index contributed by atoms with van der Waals surface area (Å²) >= 11 is 7.41. The van der Waals surface area contributed by atoms with Crippen LogP contribution in [0.25, 0.3) is 0 Å². The van der Waals surface area contributed by atoms with Crippen molar-refractivity contribution in [2.45, 2.75) is 12.5 Å². The lowest BCUT2D eigenvalue weighted by Gasteiger charge is -2.24. The minimum absolute atomic E-state index is 0.0737. The van der Waals surface area contributed by atoms with Crippen molar-refractivity contribution in [3.63, 3.8) is 0 Å². The van der Waals surface area contributed by atoms with Crippen LogP contribution in [0, 0.1) is 0 Å². The van der Waals surface area contributed by atoms with Gasteiger partial charge in [-0.15, -0.1) is 11.3 Å². The zero-order chi connectivity index (χ0) is 22.7. The van der Waals surface area contributed by atoms with E-state index in [1.807, 2.05) is 47.8 Å². The number of hydrogen-bond donors (Lipinski definition) is 0. The van der Waals surface area contributed by atoms with Crippen LogP contribution >= 0.6 is 22.9 Å². The van der Waals surface area contributed by atoms with Crippen molar-refractivity contribution >= 4 is 40.5 Å². The van der Waals surface area contributed by atoms with E-state index in [0.29, 0.717) is 16.3 Å². The van der Waals surface area contributed by atoms with Crippen molar-refractivity contribution in [2.24, 2.45) is 5.10 Å². The molecule has 0 aliphatic carbocycles. The summed E-state index contributed by atoms with van der Waals surface area (Å²) in [6.45, 7) is -0.0737. The first-order valence-electron chi connectivity index (χ1n) is 10.0. The third-order valence-electron chi connectivity index (χ3n) is 5.27. The summed E-state index contributed by atoms with van der Waals surface area (Å²) in [6.07, 6.45) is 0.545. The topological polar surface area (TPSA) is 62.2 Å². The normalized spacial score (nSPS) is 15.4. The molecule has 164 valence electrons. The van der Waals surface area contributed by atoms with Gasteiger partial charge in [0.25, 0.3) is 11.8 Å². The van der Waals surface area contributed by atoms with E-state index in [1.54, 1.807) is 32.4 Å². The zero-order valence-electron chi connectivity index (χ0n) is 17.7. The number of hydrogen-bond acceptors (Lipinski definition) is 5. The molecule has 32 heavy (non-hydrogen) atoms. The second kappa shape index (κ2) is 9.54. The molecule has 6 nitrogen and oxygen atoms in total. The predicted octanol–water partition coefficient (Wildman–Crippen LogP) is 4.86. The molecular weight excluding hydrogens is 446 g/mol. The molecule has 1 aliphatic heterocycles. The van der Waals surface area contributed by atoms with E-state index in [1.165, 1.54) is 21.2 Å². The fourth-order valence-electron chi connectivity index (χ4n) is 3.60. The van der Waals surface area contributed by atoms with Crippen molar-refractivity contribution in [3.05, 3.63) is 87.1 Å². The van der Waals surface area contributed by atoms with Crippen molar-refractivity contribution in [1.29, 1.82) is 0 Å². The first-order chi connectivity index (χ1) is 15.5. The summed E-state index contributed by atoms with van der Waals surface area (Å²) in [4.78, 5) is 27.9. The van der Waals surface area contributed by atoms with Gasteiger partial charge in [0.1, 0.15) is 12.3 Å². The maximum atomic E-state index is 13.3. The Morgan fingerprint density at radius 2 is 1.97 bits per heavy atom. The summed E-state index contributed by atoms with van der Waals surface area (Å²) in [5, 5.41) is 8.61. The Labute approximate surface area is 195 Å². The molecule has 1 atom stereocenters. The maximum Gasteiger partial charge on any atom is 0.264 e. The lowest BCUT2D eigenvalue weighted by atomic mass is 9.98. The third-order valence-corrected chi connectivity index (χ3v) is 6.38. The van der Waals surface area contributed by atoms with Gasteiger partial charge in [0.2, 0.25) is 0 Å². The van der Waals surface area contributed by atoms with Crippen LogP contribution in [0.4, 0.5) is 0 Å². The van der Waals surface area contributed by atoms with Crippen LogP contribution in [-0.2, 0) is 4.79 Å². The predicted molar refractivity (Wildman–Crippen MR) is 126 cm³/mol. The number of carbonyl (C=O) groups is 2. The number of rotatable bonds is 6. The molecule has 8 heteroatoms. The van der Waals surface area contributed by atoms with Gasteiger partial charge in [-0.25, -0.2) is 5.01 Å². The van der Waals surface area contributed by atoms with E-state index < -0.39 is 0 Å². The van der Waals surface area contributed by atoms with Gasteiger partial charge in [-0.3, -0.25) is 9.59 Å². The Hall–Kier alpha value is -3.16. The number of thiophene rings is 1. The molecule has 0 unspecified atom stereocenters. The van der Waals surface area contributed by atoms with E-state index >= 15 is 0 Å². The Balaban J connectivity index is 1.61. The van der Waals surface area contributed by atoms with Gasteiger partial charge in [-0.05, 0) is 41.3 Å². The summed E-state index contributed by atoms with van der Waals surface area (Å²) in [6, 6.07) is 18.3. The van der Waals surface area contributed by atoms with Gasteiger partial charge < -0.3 is 9.64 Å². The standard InChI is InChI=1S/C24H22ClN3O3S/c1-27(24(30)22-7-4-12-32-22)15-23(29)28-21(16-8-10-18(25)11-9-16)14-20(26-28)17-5-3-6-19(13-17)31-2/h3-13,21H,14-15H2,1-2H3/t21-/m0/s1. The van der Waals surface area contributed by atoms with Crippen LogP contribution in [0.1, 0.15) is 33.3 Å². The van der Waals surface area contributed by atoms with Crippen molar-refractivity contribution in [1.82, 2.24) is 9.91 Å². The molecule has 0 saturated carbocycles. The fourth-order valence-corrected chi connectivity index (χ4v) is 4.44. The first kappa shape index (κ1) is 22.0. The molecule has 0 N–H and O–H groups in total. The summed E-state index contributed by atoms with van der Waals surface area (Å²) in [5.41, 5.74) is 2.60. The maximum absolute atomic E-state index is 13.3. The molecule has 2 aromatic carbocycles. The van der Waals surface area contributed by atoms with Gasteiger partial charge in [0, 0.05) is 24.1 Å². The number of hydrazone groups is 1. The number of likely N-dealkylation sites (N-methyl/N-ethyl adjacent to an activating group) is 1. The highest BCUT2D eigenvalue weighted by molar-refractivity contribution is 7.12. The van der Waals surface area contributed by atoms with Gasteiger partial charge in [0.05, 0.1) is 23.7 Å². The minimum Gasteiger partial charge on any atom is -0.497 e. The molecular formula is C24H22ClN3O3S. The number of methoxy groups -OCH3 is 1. The largest absolute Gasteiger partial charge is 0.497 e. The monoisotopic (exact) mass is 467 g/mol. The van der Waals surface area contributed by atoms with Crippen LogP contribution < -0.4 is 4.74 Å². The van der Waals surface area contributed by atoms with Crippen LogP contribution in [-0.4, -0.2) is 48.1 Å². The summed E-state index contributed by atoms with van der Waals surface area (Å²) in [5.74, 6) is 0.280. The SMILES string of the molecule is COc1cccc(C2=NN(C(=O)CN(C)C(=O)c3cccs3)[C@H](c3ccc(Cl)cc3)C2)c1. The quantitative estimate of drug-likeness (QED) is 0.520. The molecule has 0 spiro atoms. The third kappa shape index (κ3) is 4.69. The smallest absolute Gasteiger partial charge is 0.264 e. The molecule has 4 rings (SSSR count). The van der Waals surface area contributed by atoms with E-state index in [2.05, 4.69) is 5.10 Å². The second-order valence-electron chi connectivity index (χ2n) is 7.43. The van der Waals surface area contributed by atoms with Crippen molar-refractivity contribution in [2.75, 3.05) is 20.7 Å². The number of halogens is 1. The highest BCUT2D eigenvalue weighted by Crippen LogP contribution is 2.34. The lowest BCUT2D eigenvalue weighted by molar-refractivity contribution is -0.133. The highest BCUT2D eigenvalue weighted by atomic mass is 35.5. The minimum atomic E-state index is -0.286. The number of ether oxygens (including phenoxy) is 1. The second-order valence-corrected chi connectivity index (χ2v) is 8.81. The van der Waals surface area contributed by atoms with E-state index in [-0.39, 0.29) is 24.4 Å². The Morgan fingerprint density at radius 3 is 2.66 bits per heavy atom. The van der Waals surface area contributed by atoms with Gasteiger partial charge in [-0.2, -0.15) is 5.10 Å². The fraction of sp³-hybridized carbons (Fsp3) is 0.208. The molecule has 2 amide bonds. The molecule has 0 fully saturated rings. The molecule has 3 aromatic rings. The number of nitrogens with zero attached hydrogens (tertiary/aromatic N) is 3. The number of amides is 2. The molecule has 0 saturated heterocycles. The van der Waals surface area contributed by atoms with Crippen LogP contribution in [0.15, 0.2) is 71.1 Å².